The van der Waals surface area contributed by atoms with Crippen LogP contribution in [0.3, 0.4) is 0 Å². The van der Waals surface area contributed by atoms with Crippen molar-refractivity contribution in [2.45, 2.75) is 27.2 Å². The summed E-state index contributed by atoms with van der Waals surface area (Å²) in [6.07, 6.45) is 0.766. The number of hydrogen-bond acceptors (Lipinski definition) is 2. The van der Waals surface area contributed by atoms with E-state index in [9.17, 15) is 4.79 Å². The molecule has 0 unspecified atom stereocenters. The Kier molecular flexibility index (Phi) is 4.40. The number of hydrogen-bond donors (Lipinski definition) is 1. The lowest BCUT2D eigenvalue weighted by Crippen LogP contribution is -2.20. The quantitative estimate of drug-likeness (QED) is 0.654. The van der Waals surface area contributed by atoms with Crippen LogP contribution in [-0.4, -0.2) is 29.6 Å². The van der Waals surface area contributed by atoms with Gasteiger partial charge in [0, 0.05) is 19.3 Å². The van der Waals surface area contributed by atoms with E-state index in [4.69, 9.17) is 5.11 Å². The van der Waals surface area contributed by atoms with Crippen molar-refractivity contribution in [3.05, 3.63) is 11.3 Å². The van der Waals surface area contributed by atoms with E-state index < -0.39 is 5.97 Å². The van der Waals surface area contributed by atoms with Gasteiger partial charge in [0.15, 0.2) is 0 Å². The second kappa shape index (κ2) is 4.80. The number of rotatable bonds is 4. The molecule has 0 aliphatic heterocycles. The van der Waals surface area contributed by atoms with Crippen LogP contribution in [-0.2, 0) is 4.79 Å². The highest BCUT2D eigenvalue weighted by Crippen LogP contribution is 2.11. The van der Waals surface area contributed by atoms with Gasteiger partial charge < -0.3 is 10.0 Å². The lowest BCUT2D eigenvalue weighted by Gasteiger charge is -2.21. The second-order valence-electron chi connectivity index (χ2n) is 2.74. The van der Waals surface area contributed by atoms with Crippen LogP contribution in [0.1, 0.15) is 27.2 Å². The molecule has 0 saturated heterocycles. The molecule has 3 heteroatoms. The average Bonchev–Trinajstić information content (AvgIpc) is 2.05. The molecule has 0 bridgehead atoms. The molecule has 0 rings (SSSR count). The van der Waals surface area contributed by atoms with Crippen molar-refractivity contribution in [2.75, 3.05) is 13.6 Å². The summed E-state index contributed by atoms with van der Waals surface area (Å²) < 4.78 is 0. The van der Waals surface area contributed by atoms with Crippen LogP contribution in [0, 0.1) is 0 Å². The van der Waals surface area contributed by atoms with E-state index in [2.05, 4.69) is 0 Å². The first-order chi connectivity index (χ1) is 5.54. The molecule has 1 N–H and O–H groups in total. The van der Waals surface area contributed by atoms with Crippen molar-refractivity contribution in [1.29, 1.82) is 0 Å². The Morgan fingerprint density at radius 2 is 1.92 bits per heavy atom. The van der Waals surface area contributed by atoms with Gasteiger partial charge in [0.25, 0.3) is 0 Å². The molecule has 0 aliphatic carbocycles. The van der Waals surface area contributed by atoms with E-state index in [-0.39, 0.29) is 0 Å². The molecule has 0 amide bonds. The predicted molar refractivity (Wildman–Crippen MR) is 48.9 cm³/mol. The summed E-state index contributed by atoms with van der Waals surface area (Å²) in [6.45, 7) is 6.46. The minimum absolute atomic E-state index is 0.446. The van der Waals surface area contributed by atoms with Crippen molar-refractivity contribution in [3.8, 4) is 0 Å². The summed E-state index contributed by atoms with van der Waals surface area (Å²) in [5, 5.41) is 8.74. The summed E-state index contributed by atoms with van der Waals surface area (Å²) >= 11 is 0. The van der Waals surface area contributed by atoms with Gasteiger partial charge in [-0.15, -0.1) is 0 Å². The fourth-order valence-electron chi connectivity index (χ4n) is 1.14. The van der Waals surface area contributed by atoms with Gasteiger partial charge in [-0.05, 0) is 20.3 Å². The molecular weight excluding hydrogens is 154 g/mol. The van der Waals surface area contributed by atoms with Crippen molar-refractivity contribution in [3.63, 3.8) is 0 Å². The maximum absolute atomic E-state index is 10.6. The maximum atomic E-state index is 10.6. The first-order valence-electron chi connectivity index (χ1n) is 4.18. The Hall–Kier alpha value is -0.990. The van der Waals surface area contributed by atoms with Crippen molar-refractivity contribution in [1.82, 2.24) is 4.90 Å². The van der Waals surface area contributed by atoms with Gasteiger partial charge >= 0.3 is 5.97 Å². The Morgan fingerprint density at radius 3 is 2.17 bits per heavy atom. The summed E-state index contributed by atoms with van der Waals surface area (Å²) in [5.74, 6) is -0.827. The molecule has 0 spiro atoms. The Balaban J connectivity index is 4.72. The first kappa shape index (κ1) is 11.0. The second-order valence-corrected chi connectivity index (χ2v) is 2.74. The van der Waals surface area contributed by atoms with Crippen LogP contribution >= 0.6 is 0 Å². The van der Waals surface area contributed by atoms with E-state index in [0.29, 0.717) is 5.57 Å². The smallest absolute Gasteiger partial charge is 0.333 e. The molecule has 0 aliphatic rings. The zero-order chi connectivity index (χ0) is 9.72. The van der Waals surface area contributed by atoms with Crippen molar-refractivity contribution >= 4 is 5.97 Å². The Labute approximate surface area is 73.7 Å². The molecule has 0 fully saturated rings. The van der Waals surface area contributed by atoms with E-state index >= 15 is 0 Å². The standard InChI is InChI=1S/C9H17NO2/c1-5-8(10(4)6-2)7(3)9(11)12/h5-6H2,1-4H3,(H,11,12). The Bertz CT molecular complexity index is 197. The lowest BCUT2D eigenvalue weighted by molar-refractivity contribution is -0.132. The van der Waals surface area contributed by atoms with E-state index in [1.807, 2.05) is 25.8 Å². The van der Waals surface area contributed by atoms with Gasteiger partial charge in [0.2, 0.25) is 0 Å². The van der Waals surface area contributed by atoms with Crippen LogP contribution in [0.4, 0.5) is 0 Å². The zero-order valence-electron chi connectivity index (χ0n) is 8.22. The largest absolute Gasteiger partial charge is 0.478 e. The third kappa shape index (κ3) is 2.57. The fraction of sp³-hybridized carbons (Fsp3) is 0.667. The molecule has 70 valence electrons. The number of carboxylic acid groups (broad SMARTS) is 1. The highest BCUT2D eigenvalue weighted by Gasteiger charge is 2.09. The molecule has 0 aromatic heterocycles. The van der Waals surface area contributed by atoms with Crippen LogP contribution in [0.2, 0.25) is 0 Å². The number of carbonyl (C=O) groups is 1. The van der Waals surface area contributed by atoms with Gasteiger partial charge in [-0.25, -0.2) is 4.79 Å². The molecule has 3 nitrogen and oxygen atoms in total. The topological polar surface area (TPSA) is 40.5 Å². The van der Waals surface area contributed by atoms with Crippen LogP contribution < -0.4 is 0 Å². The SMILES string of the molecule is CCC(=C(C)C(=O)O)N(C)CC. The molecule has 0 heterocycles. The third-order valence-corrected chi connectivity index (χ3v) is 2.02. The lowest BCUT2D eigenvalue weighted by atomic mass is 10.2. The number of nitrogens with zero attached hydrogens (tertiary/aromatic N) is 1. The molecule has 0 atom stereocenters. The third-order valence-electron chi connectivity index (χ3n) is 2.02. The zero-order valence-corrected chi connectivity index (χ0v) is 8.22. The fourth-order valence-corrected chi connectivity index (χ4v) is 1.14. The van der Waals surface area contributed by atoms with Crippen LogP contribution in [0.5, 0.6) is 0 Å². The van der Waals surface area contributed by atoms with E-state index in [0.717, 1.165) is 18.7 Å². The molecule has 12 heavy (non-hydrogen) atoms. The number of allylic oxidation sites excluding steroid dienone is 1. The van der Waals surface area contributed by atoms with E-state index in [1.165, 1.54) is 0 Å². The summed E-state index contributed by atoms with van der Waals surface area (Å²) in [4.78, 5) is 12.6. The van der Waals surface area contributed by atoms with Crippen molar-refractivity contribution in [2.24, 2.45) is 0 Å². The molecule has 0 aromatic rings. The van der Waals surface area contributed by atoms with Gasteiger partial charge in [0.05, 0.1) is 5.57 Å². The van der Waals surface area contributed by atoms with Crippen LogP contribution in [0.15, 0.2) is 11.3 Å². The van der Waals surface area contributed by atoms with Gasteiger partial charge in [0.1, 0.15) is 0 Å². The predicted octanol–water partition coefficient (Wildman–Crippen LogP) is 1.71. The average molecular weight is 171 g/mol. The molecule has 0 aromatic carbocycles. The minimum Gasteiger partial charge on any atom is -0.478 e. The normalized spacial score (nSPS) is 12.3. The number of aliphatic carboxylic acids is 1. The van der Waals surface area contributed by atoms with Crippen LogP contribution in [0.25, 0.3) is 0 Å². The van der Waals surface area contributed by atoms with Gasteiger partial charge in [-0.1, -0.05) is 6.92 Å². The molecule has 0 radical (unpaired) electrons. The van der Waals surface area contributed by atoms with Gasteiger partial charge in [-0.2, -0.15) is 0 Å². The minimum atomic E-state index is -0.827. The van der Waals surface area contributed by atoms with E-state index in [1.54, 1.807) is 6.92 Å². The summed E-state index contributed by atoms with van der Waals surface area (Å²) in [6, 6.07) is 0. The summed E-state index contributed by atoms with van der Waals surface area (Å²) in [5.41, 5.74) is 1.35. The van der Waals surface area contributed by atoms with Crippen molar-refractivity contribution < 1.29 is 9.90 Å². The summed E-state index contributed by atoms with van der Waals surface area (Å²) in [7, 11) is 1.91. The molecular formula is C9H17NO2. The molecule has 0 saturated carbocycles. The van der Waals surface area contributed by atoms with Gasteiger partial charge in [-0.3, -0.25) is 0 Å². The number of carboxylic acids is 1. The highest BCUT2D eigenvalue weighted by atomic mass is 16.4. The first-order valence-corrected chi connectivity index (χ1v) is 4.18. The maximum Gasteiger partial charge on any atom is 0.333 e. The monoisotopic (exact) mass is 171 g/mol. The Morgan fingerprint density at radius 1 is 1.42 bits per heavy atom. The highest BCUT2D eigenvalue weighted by molar-refractivity contribution is 5.86.